The van der Waals surface area contributed by atoms with E-state index in [9.17, 15) is 9.18 Å². The van der Waals surface area contributed by atoms with Crippen molar-refractivity contribution in [3.05, 3.63) is 59.2 Å². The van der Waals surface area contributed by atoms with Crippen molar-refractivity contribution in [3.8, 4) is 6.07 Å². The topological polar surface area (TPSA) is 87.0 Å². The minimum absolute atomic E-state index is 0. The Labute approximate surface area is 150 Å². The number of pyridine rings is 1. The van der Waals surface area contributed by atoms with Gasteiger partial charge in [-0.1, -0.05) is 6.07 Å². The summed E-state index contributed by atoms with van der Waals surface area (Å²) >= 11 is 0. The van der Waals surface area contributed by atoms with E-state index < -0.39 is 11.7 Å². The summed E-state index contributed by atoms with van der Waals surface area (Å²) in [6.07, 6.45) is 1.16. The maximum Gasteiger partial charge on any atom is 0.274 e. The van der Waals surface area contributed by atoms with E-state index >= 15 is 0 Å². The molecular formula is C17H16ClFN4O2. The Balaban J connectivity index is 0.00000225. The number of amides is 1. The Hall–Kier alpha value is -2.53. The van der Waals surface area contributed by atoms with Gasteiger partial charge >= 0.3 is 0 Å². The van der Waals surface area contributed by atoms with Gasteiger partial charge in [0.2, 0.25) is 0 Å². The number of hydrogen-bond donors (Lipinski definition) is 2. The molecule has 1 aromatic carbocycles. The summed E-state index contributed by atoms with van der Waals surface area (Å²) in [6.45, 7) is 1.98. The third-order valence-corrected chi connectivity index (χ3v) is 3.66. The molecule has 25 heavy (non-hydrogen) atoms. The van der Waals surface area contributed by atoms with E-state index in [1.807, 2.05) is 6.07 Å². The van der Waals surface area contributed by atoms with E-state index in [-0.39, 0.29) is 29.9 Å². The van der Waals surface area contributed by atoms with Crippen molar-refractivity contribution in [2.24, 2.45) is 0 Å². The van der Waals surface area contributed by atoms with Gasteiger partial charge in [-0.2, -0.15) is 5.26 Å². The Morgan fingerprint density at radius 1 is 1.40 bits per heavy atom. The molecule has 0 saturated carbocycles. The van der Waals surface area contributed by atoms with Gasteiger partial charge in [-0.25, -0.2) is 4.39 Å². The SMILES string of the molecule is Cl.N#Cc1ccnc(C(=O)Nc2ccc([C@@H]3CNCCO3)cc2F)c1. The van der Waals surface area contributed by atoms with Gasteiger partial charge in [0, 0.05) is 19.3 Å². The number of nitrogens with one attached hydrogen (secondary N) is 2. The highest BCUT2D eigenvalue weighted by atomic mass is 35.5. The van der Waals surface area contributed by atoms with Crippen LogP contribution >= 0.6 is 12.4 Å². The normalized spacial score (nSPS) is 16.4. The molecule has 1 aromatic heterocycles. The van der Waals surface area contributed by atoms with E-state index in [0.717, 1.165) is 6.54 Å². The van der Waals surface area contributed by atoms with Crippen molar-refractivity contribution in [2.75, 3.05) is 25.0 Å². The van der Waals surface area contributed by atoms with Gasteiger partial charge in [0.15, 0.2) is 0 Å². The highest BCUT2D eigenvalue weighted by Crippen LogP contribution is 2.24. The first kappa shape index (κ1) is 18.8. The fraction of sp³-hybridized carbons (Fsp3) is 0.235. The average molecular weight is 363 g/mol. The quantitative estimate of drug-likeness (QED) is 0.875. The predicted molar refractivity (Wildman–Crippen MR) is 92.1 cm³/mol. The zero-order valence-electron chi connectivity index (χ0n) is 13.2. The Bertz CT molecular complexity index is 803. The largest absolute Gasteiger partial charge is 0.371 e. The van der Waals surface area contributed by atoms with E-state index in [4.69, 9.17) is 10.00 Å². The van der Waals surface area contributed by atoms with Crippen LogP contribution in [0.25, 0.3) is 0 Å². The molecule has 1 fully saturated rings. The lowest BCUT2D eigenvalue weighted by Gasteiger charge is -2.24. The number of carbonyl (C=O) groups excluding carboxylic acids is 1. The van der Waals surface area contributed by atoms with Crippen LogP contribution in [0.2, 0.25) is 0 Å². The smallest absolute Gasteiger partial charge is 0.274 e. The number of carbonyl (C=O) groups is 1. The number of nitriles is 1. The summed E-state index contributed by atoms with van der Waals surface area (Å²) in [4.78, 5) is 16.0. The van der Waals surface area contributed by atoms with Crippen molar-refractivity contribution in [1.82, 2.24) is 10.3 Å². The maximum atomic E-state index is 14.3. The highest BCUT2D eigenvalue weighted by molar-refractivity contribution is 6.03. The van der Waals surface area contributed by atoms with Crippen LogP contribution in [0, 0.1) is 17.1 Å². The van der Waals surface area contributed by atoms with Crippen molar-refractivity contribution in [3.63, 3.8) is 0 Å². The number of halogens is 2. The minimum atomic E-state index is -0.575. The lowest BCUT2D eigenvalue weighted by Crippen LogP contribution is -2.33. The van der Waals surface area contributed by atoms with Gasteiger partial charge < -0.3 is 15.4 Å². The van der Waals surface area contributed by atoms with Gasteiger partial charge in [0.1, 0.15) is 11.5 Å². The fourth-order valence-corrected chi connectivity index (χ4v) is 2.42. The van der Waals surface area contributed by atoms with Crippen molar-refractivity contribution >= 4 is 24.0 Å². The van der Waals surface area contributed by atoms with Crippen LogP contribution in [0.3, 0.4) is 0 Å². The van der Waals surface area contributed by atoms with Crippen molar-refractivity contribution in [1.29, 1.82) is 5.26 Å². The van der Waals surface area contributed by atoms with Gasteiger partial charge in [-0.15, -0.1) is 12.4 Å². The third kappa shape index (κ3) is 4.51. The first-order valence-corrected chi connectivity index (χ1v) is 7.46. The van der Waals surface area contributed by atoms with E-state index in [1.54, 1.807) is 6.07 Å². The molecular weight excluding hydrogens is 347 g/mol. The second kappa shape index (κ2) is 8.53. The summed E-state index contributed by atoms with van der Waals surface area (Å²) in [6, 6.07) is 9.33. The molecule has 0 spiro atoms. The Kier molecular flexibility index (Phi) is 6.42. The summed E-state index contributed by atoms with van der Waals surface area (Å²) in [7, 11) is 0. The fourth-order valence-electron chi connectivity index (χ4n) is 2.42. The first-order valence-electron chi connectivity index (χ1n) is 7.46. The van der Waals surface area contributed by atoms with Crippen molar-refractivity contribution in [2.45, 2.75) is 6.10 Å². The molecule has 2 heterocycles. The molecule has 0 bridgehead atoms. The number of benzene rings is 1. The first-order chi connectivity index (χ1) is 11.7. The molecule has 1 aliphatic heterocycles. The molecule has 130 valence electrons. The number of morpholine rings is 1. The molecule has 2 N–H and O–H groups in total. The second-order valence-electron chi connectivity index (χ2n) is 5.30. The summed E-state index contributed by atoms with van der Waals surface area (Å²) in [5, 5.41) is 14.5. The number of anilines is 1. The van der Waals surface area contributed by atoms with Crippen LogP contribution < -0.4 is 10.6 Å². The summed E-state index contributed by atoms with van der Waals surface area (Å²) in [5.41, 5.74) is 1.13. The van der Waals surface area contributed by atoms with Gasteiger partial charge in [0.25, 0.3) is 5.91 Å². The molecule has 1 amide bonds. The molecule has 1 aliphatic rings. The lowest BCUT2D eigenvalue weighted by atomic mass is 10.1. The van der Waals surface area contributed by atoms with Crippen LogP contribution in [0.4, 0.5) is 10.1 Å². The Morgan fingerprint density at radius 2 is 2.24 bits per heavy atom. The van der Waals surface area contributed by atoms with Gasteiger partial charge in [0.05, 0.1) is 30.0 Å². The van der Waals surface area contributed by atoms with Crippen LogP contribution in [0.5, 0.6) is 0 Å². The van der Waals surface area contributed by atoms with Crippen LogP contribution in [0.15, 0.2) is 36.5 Å². The summed E-state index contributed by atoms with van der Waals surface area (Å²) in [5.74, 6) is -1.12. The standard InChI is InChI=1S/C17H15FN4O2.ClH/c18-13-8-12(16-10-20-5-6-24-16)1-2-14(13)22-17(23)15-7-11(9-19)3-4-21-15;/h1-4,7-8,16,20H,5-6,10H2,(H,22,23);1H/t16-;/m0./s1. The maximum absolute atomic E-state index is 14.3. The molecule has 0 radical (unpaired) electrons. The number of nitrogens with zero attached hydrogens (tertiary/aromatic N) is 2. The number of rotatable bonds is 3. The monoisotopic (exact) mass is 362 g/mol. The van der Waals surface area contributed by atoms with Crippen LogP contribution in [-0.4, -0.2) is 30.6 Å². The van der Waals surface area contributed by atoms with E-state index in [2.05, 4.69) is 15.6 Å². The average Bonchev–Trinajstić information content (AvgIpc) is 2.64. The van der Waals surface area contributed by atoms with E-state index in [0.29, 0.717) is 24.3 Å². The third-order valence-electron chi connectivity index (χ3n) is 3.66. The van der Waals surface area contributed by atoms with Gasteiger partial charge in [-0.3, -0.25) is 9.78 Å². The molecule has 1 saturated heterocycles. The number of hydrogen-bond acceptors (Lipinski definition) is 5. The van der Waals surface area contributed by atoms with Gasteiger partial charge in [-0.05, 0) is 29.8 Å². The number of ether oxygens (including phenoxy) is 1. The number of aromatic nitrogens is 1. The molecule has 8 heteroatoms. The highest BCUT2D eigenvalue weighted by Gasteiger charge is 2.18. The van der Waals surface area contributed by atoms with Crippen LogP contribution in [0.1, 0.15) is 27.7 Å². The predicted octanol–water partition coefficient (Wildman–Crippen LogP) is 2.43. The lowest BCUT2D eigenvalue weighted by molar-refractivity contribution is 0.0275. The Morgan fingerprint density at radius 3 is 2.92 bits per heavy atom. The second-order valence-corrected chi connectivity index (χ2v) is 5.30. The zero-order chi connectivity index (χ0) is 16.9. The molecule has 6 nitrogen and oxygen atoms in total. The summed E-state index contributed by atoms with van der Waals surface area (Å²) < 4.78 is 19.8. The molecule has 3 rings (SSSR count). The molecule has 0 aliphatic carbocycles. The zero-order valence-corrected chi connectivity index (χ0v) is 14.0. The van der Waals surface area contributed by atoms with Crippen LogP contribution in [-0.2, 0) is 4.74 Å². The molecule has 2 aromatic rings. The minimum Gasteiger partial charge on any atom is -0.371 e. The van der Waals surface area contributed by atoms with E-state index in [1.165, 1.54) is 30.5 Å². The molecule has 1 atom stereocenters. The van der Waals surface area contributed by atoms with Crippen molar-refractivity contribution < 1.29 is 13.9 Å². The molecule has 0 unspecified atom stereocenters.